The summed E-state index contributed by atoms with van der Waals surface area (Å²) in [6.45, 7) is 0. The first-order valence-electron chi connectivity index (χ1n) is 12.7. The third-order valence-corrected chi connectivity index (χ3v) is 8.77. The van der Waals surface area contributed by atoms with Crippen LogP contribution in [0.25, 0.3) is 45.0 Å². The molecule has 1 atom stereocenters. The highest BCUT2D eigenvalue weighted by atomic mass is 14.4. The quantitative estimate of drug-likeness (QED) is 0.249. The highest BCUT2D eigenvalue weighted by Gasteiger charge is 2.38. The Kier molecular flexibility index (Phi) is 3.27. The molecule has 0 nitrogen and oxygen atoms in total. The molecule has 0 N–H and O–H groups in total. The zero-order valence-corrected chi connectivity index (χ0v) is 19.3. The van der Waals surface area contributed by atoms with E-state index in [1.165, 1.54) is 82.8 Å². The van der Waals surface area contributed by atoms with Gasteiger partial charge in [-0.1, -0.05) is 103 Å². The monoisotopic (exact) mass is 442 g/mol. The van der Waals surface area contributed by atoms with E-state index in [4.69, 9.17) is 0 Å². The highest BCUT2D eigenvalue weighted by molar-refractivity contribution is 6.04. The lowest BCUT2D eigenvalue weighted by atomic mass is 9.71. The molecular formula is C35H22. The van der Waals surface area contributed by atoms with E-state index < -0.39 is 0 Å². The molecule has 5 aromatic carbocycles. The predicted octanol–water partition coefficient (Wildman–Crippen LogP) is 6.59. The van der Waals surface area contributed by atoms with E-state index in [0.29, 0.717) is 5.92 Å². The van der Waals surface area contributed by atoms with Gasteiger partial charge >= 0.3 is 0 Å². The molecule has 0 aliphatic heterocycles. The molecule has 0 amide bonds. The summed E-state index contributed by atoms with van der Waals surface area (Å²) < 4.78 is 0. The number of hydrogen-bond donors (Lipinski definition) is 0. The lowest BCUT2D eigenvalue weighted by Crippen LogP contribution is -2.23. The molecule has 4 aliphatic carbocycles. The lowest BCUT2D eigenvalue weighted by Gasteiger charge is -2.31. The van der Waals surface area contributed by atoms with Crippen LogP contribution in [0.2, 0.25) is 0 Å². The van der Waals surface area contributed by atoms with Gasteiger partial charge in [0.25, 0.3) is 0 Å². The number of benzene rings is 5. The first-order valence-corrected chi connectivity index (χ1v) is 12.7. The summed E-state index contributed by atoms with van der Waals surface area (Å²) in [6, 6.07) is 36.6. The Labute approximate surface area is 204 Å². The molecule has 4 aliphatic rings. The van der Waals surface area contributed by atoms with Crippen molar-refractivity contribution in [3.63, 3.8) is 0 Å². The van der Waals surface area contributed by atoms with Crippen LogP contribution in [0.15, 0.2) is 97.1 Å². The Morgan fingerprint density at radius 1 is 0.486 bits per heavy atom. The van der Waals surface area contributed by atoms with Crippen LogP contribution >= 0.6 is 0 Å². The van der Waals surface area contributed by atoms with Gasteiger partial charge < -0.3 is 0 Å². The van der Waals surface area contributed by atoms with Crippen LogP contribution in [0.3, 0.4) is 0 Å². The van der Waals surface area contributed by atoms with Gasteiger partial charge in [-0.25, -0.2) is 0 Å². The van der Waals surface area contributed by atoms with E-state index in [-0.39, 0.29) is 0 Å². The van der Waals surface area contributed by atoms with Gasteiger partial charge in [-0.15, -0.1) is 0 Å². The normalized spacial score (nSPS) is 16.8. The molecular weight excluding hydrogens is 420 g/mol. The Morgan fingerprint density at radius 3 is 2.11 bits per heavy atom. The summed E-state index contributed by atoms with van der Waals surface area (Å²) >= 11 is 0. The van der Waals surface area contributed by atoms with E-state index in [1.807, 2.05) is 0 Å². The molecule has 1 unspecified atom stereocenters. The van der Waals surface area contributed by atoms with Crippen molar-refractivity contribution in [2.24, 2.45) is 0 Å². The second kappa shape index (κ2) is 6.29. The van der Waals surface area contributed by atoms with Gasteiger partial charge in [0.05, 0.1) is 0 Å². The Balaban J connectivity index is 1.45. The van der Waals surface area contributed by atoms with E-state index in [2.05, 4.69) is 103 Å². The zero-order valence-electron chi connectivity index (χ0n) is 19.3. The zero-order chi connectivity index (χ0) is 22.7. The van der Waals surface area contributed by atoms with Crippen LogP contribution in [0.4, 0.5) is 0 Å². The summed E-state index contributed by atoms with van der Waals surface area (Å²) in [5.74, 6) is 0.304. The van der Waals surface area contributed by atoms with Crippen molar-refractivity contribution in [2.75, 3.05) is 0 Å². The Bertz CT molecular complexity index is 1900. The number of rotatable bonds is 0. The summed E-state index contributed by atoms with van der Waals surface area (Å²) in [7, 11) is 0. The summed E-state index contributed by atoms with van der Waals surface area (Å²) in [4.78, 5) is 0. The maximum Gasteiger partial charge on any atom is 0.0300 e. The summed E-state index contributed by atoms with van der Waals surface area (Å²) in [5.41, 5.74) is 19.0. The smallest absolute Gasteiger partial charge is 0.0300 e. The minimum Gasteiger partial charge on any atom is -0.0647 e. The first-order chi connectivity index (χ1) is 17.4. The third-order valence-electron chi connectivity index (χ3n) is 8.77. The largest absolute Gasteiger partial charge is 0.0647 e. The van der Waals surface area contributed by atoms with E-state index in [1.54, 1.807) is 0 Å². The number of fused-ring (bicyclic) bond motifs is 15. The first kappa shape index (κ1) is 18.2. The van der Waals surface area contributed by atoms with Gasteiger partial charge in [0, 0.05) is 5.92 Å². The van der Waals surface area contributed by atoms with E-state index >= 15 is 0 Å². The molecule has 0 saturated carbocycles. The molecule has 0 bridgehead atoms. The second-order valence-corrected chi connectivity index (χ2v) is 10.4. The van der Waals surface area contributed by atoms with Crippen molar-refractivity contribution in [1.29, 1.82) is 0 Å². The average molecular weight is 443 g/mol. The molecule has 0 heterocycles. The predicted molar refractivity (Wildman–Crippen MR) is 144 cm³/mol. The van der Waals surface area contributed by atoms with Gasteiger partial charge in [-0.3, -0.25) is 0 Å². The van der Waals surface area contributed by atoms with Crippen LogP contribution in [0.5, 0.6) is 0 Å². The van der Waals surface area contributed by atoms with Gasteiger partial charge in [-0.2, -0.15) is 0 Å². The van der Waals surface area contributed by atoms with E-state index in [0.717, 1.165) is 12.8 Å². The molecule has 9 rings (SSSR count). The lowest BCUT2D eigenvalue weighted by molar-refractivity contribution is 1.09. The van der Waals surface area contributed by atoms with Gasteiger partial charge in [0.1, 0.15) is 0 Å². The van der Waals surface area contributed by atoms with Crippen molar-refractivity contribution in [3.05, 3.63) is 141 Å². The molecule has 0 radical (unpaired) electrons. The topological polar surface area (TPSA) is 0 Å². The standard InChI is InChI=1S/C35H22/c1-4-10-24-21(8-1)18-30-27(24)15-16-28-29-14-13-23-17-20-7-2-5-11-25(20)32(23)35(29)34-26-12-6-3-9-22(26)19-31(34)33(28)30/h1-16,19,31H,17-18H2. The average Bonchev–Trinajstić information content (AvgIpc) is 3.59. The van der Waals surface area contributed by atoms with Crippen molar-refractivity contribution in [3.8, 4) is 33.4 Å². The van der Waals surface area contributed by atoms with Crippen LogP contribution in [-0.2, 0) is 12.8 Å². The molecule has 5 aromatic rings. The maximum absolute atomic E-state index is 2.54. The summed E-state index contributed by atoms with van der Waals surface area (Å²) in [6.07, 6.45) is 4.61. The highest BCUT2D eigenvalue weighted by Crippen LogP contribution is 2.56. The minimum atomic E-state index is 0.304. The molecule has 35 heavy (non-hydrogen) atoms. The Hall–Kier alpha value is -4.16. The minimum absolute atomic E-state index is 0.304. The molecule has 0 spiro atoms. The van der Waals surface area contributed by atoms with Crippen LogP contribution < -0.4 is 10.4 Å². The van der Waals surface area contributed by atoms with Crippen LogP contribution in [-0.4, -0.2) is 0 Å². The molecule has 162 valence electrons. The van der Waals surface area contributed by atoms with Crippen molar-refractivity contribution in [1.82, 2.24) is 0 Å². The van der Waals surface area contributed by atoms with Gasteiger partial charge in [0.2, 0.25) is 0 Å². The molecule has 0 heteroatoms. The van der Waals surface area contributed by atoms with E-state index in [9.17, 15) is 0 Å². The van der Waals surface area contributed by atoms with Crippen LogP contribution in [0, 0.1) is 0 Å². The SMILES string of the molecule is C1=c2ccccc2=C2c3c(ccc4c3-c3ccccc3C4)-c3ccc4c(c3C12)Cc1ccccc1-4. The molecule has 0 aromatic heterocycles. The van der Waals surface area contributed by atoms with Crippen LogP contribution in [0.1, 0.15) is 39.3 Å². The van der Waals surface area contributed by atoms with Gasteiger partial charge in [0.15, 0.2) is 0 Å². The Morgan fingerprint density at radius 2 is 1.20 bits per heavy atom. The maximum atomic E-state index is 2.54. The number of hydrogen-bond acceptors (Lipinski definition) is 0. The summed E-state index contributed by atoms with van der Waals surface area (Å²) in [5, 5.41) is 2.79. The third kappa shape index (κ3) is 2.19. The molecule has 0 saturated heterocycles. The fourth-order valence-electron chi connectivity index (χ4n) is 7.39. The molecule has 0 fully saturated rings. The second-order valence-electron chi connectivity index (χ2n) is 10.4. The van der Waals surface area contributed by atoms with Crippen molar-refractivity contribution >= 4 is 11.6 Å². The fourth-order valence-corrected chi connectivity index (χ4v) is 7.39. The van der Waals surface area contributed by atoms with Gasteiger partial charge in [-0.05, 0) is 95.6 Å². The fraction of sp³-hybridized carbons (Fsp3) is 0.0857. The van der Waals surface area contributed by atoms with Crippen molar-refractivity contribution in [2.45, 2.75) is 18.8 Å². The van der Waals surface area contributed by atoms with Crippen molar-refractivity contribution < 1.29 is 0 Å².